The molecule has 2 fully saturated rings. The molecule has 1 aromatic rings. The molecule has 0 unspecified atom stereocenters. The zero-order chi connectivity index (χ0) is 16.9. The molecule has 0 spiro atoms. The van der Waals surface area contributed by atoms with Crippen molar-refractivity contribution in [3.63, 3.8) is 0 Å². The van der Waals surface area contributed by atoms with Crippen LogP contribution >= 0.6 is 0 Å². The van der Waals surface area contributed by atoms with Gasteiger partial charge in [-0.2, -0.15) is 0 Å². The molecule has 1 saturated heterocycles. The molecule has 0 bridgehead atoms. The fraction of sp³-hybridized carbons (Fsp3) is 0.667. The molecule has 24 heavy (non-hydrogen) atoms. The van der Waals surface area contributed by atoms with Gasteiger partial charge in [0.2, 0.25) is 0 Å². The van der Waals surface area contributed by atoms with Gasteiger partial charge in [-0.15, -0.1) is 0 Å². The van der Waals surface area contributed by atoms with E-state index < -0.39 is 0 Å². The van der Waals surface area contributed by atoms with Gasteiger partial charge in [0.25, 0.3) is 5.91 Å². The molecule has 0 atom stereocenters. The minimum Gasteiger partial charge on any atom is -0.371 e. The standard InChI is InChI=1S/C21H32N2O/c1-17-10-11-20(23-13-6-7-14-23)19(16-17)21(24)22(2)15-12-18-8-4-3-5-9-18/h10-11,16,18H,3-9,12-15H2,1-2H3. The first kappa shape index (κ1) is 17.3. The Balaban J connectivity index is 1.67. The lowest BCUT2D eigenvalue weighted by molar-refractivity contribution is 0.0784. The van der Waals surface area contributed by atoms with Crippen LogP contribution in [0.15, 0.2) is 18.2 Å². The number of rotatable bonds is 5. The van der Waals surface area contributed by atoms with E-state index in [1.807, 2.05) is 11.9 Å². The lowest BCUT2D eigenvalue weighted by Gasteiger charge is -2.27. The molecule has 3 heteroatoms. The predicted molar refractivity (Wildman–Crippen MR) is 101 cm³/mol. The number of hydrogen-bond donors (Lipinski definition) is 0. The van der Waals surface area contributed by atoms with Crippen LogP contribution in [0.4, 0.5) is 5.69 Å². The van der Waals surface area contributed by atoms with Gasteiger partial charge in [0.05, 0.1) is 5.56 Å². The van der Waals surface area contributed by atoms with Crippen molar-refractivity contribution in [1.82, 2.24) is 4.90 Å². The van der Waals surface area contributed by atoms with E-state index >= 15 is 0 Å². The van der Waals surface area contributed by atoms with Crippen molar-refractivity contribution in [3.8, 4) is 0 Å². The van der Waals surface area contributed by atoms with E-state index in [0.717, 1.165) is 43.2 Å². The SMILES string of the molecule is Cc1ccc(N2CCCC2)c(C(=O)N(C)CCC2CCCCC2)c1. The first-order chi connectivity index (χ1) is 11.6. The van der Waals surface area contributed by atoms with Crippen LogP contribution in [-0.4, -0.2) is 37.5 Å². The van der Waals surface area contributed by atoms with Crippen molar-refractivity contribution in [2.45, 2.75) is 58.3 Å². The van der Waals surface area contributed by atoms with Gasteiger partial charge >= 0.3 is 0 Å². The Kier molecular flexibility index (Phi) is 5.80. The van der Waals surface area contributed by atoms with Gasteiger partial charge in [0.1, 0.15) is 0 Å². The fourth-order valence-corrected chi connectivity index (χ4v) is 4.21. The summed E-state index contributed by atoms with van der Waals surface area (Å²) < 4.78 is 0. The van der Waals surface area contributed by atoms with Crippen LogP contribution < -0.4 is 4.90 Å². The Morgan fingerprint density at radius 1 is 1.12 bits per heavy atom. The lowest BCUT2D eigenvalue weighted by Crippen LogP contribution is -2.31. The number of aryl methyl sites for hydroxylation is 1. The lowest BCUT2D eigenvalue weighted by atomic mass is 9.87. The number of carbonyl (C=O) groups excluding carboxylic acids is 1. The van der Waals surface area contributed by atoms with Crippen LogP contribution in [0.5, 0.6) is 0 Å². The Morgan fingerprint density at radius 3 is 2.54 bits per heavy atom. The summed E-state index contributed by atoms with van der Waals surface area (Å²) in [7, 11) is 1.97. The molecule has 0 aromatic heterocycles. The Morgan fingerprint density at radius 2 is 1.83 bits per heavy atom. The highest BCUT2D eigenvalue weighted by Crippen LogP contribution is 2.28. The van der Waals surface area contributed by atoms with E-state index in [0.29, 0.717) is 0 Å². The summed E-state index contributed by atoms with van der Waals surface area (Å²) in [5.41, 5.74) is 3.19. The highest BCUT2D eigenvalue weighted by Gasteiger charge is 2.22. The van der Waals surface area contributed by atoms with Crippen LogP contribution in [0.25, 0.3) is 0 Å². The zero-order valence-corrected chi connectivity index (χ0v) is 15.4. The van der Waals surface area contributed by atoms with Crippen molar-refractivity contribution >= 4 is 11.6 Å². The second-order valence-electron chi connectivity index (χ2n) is 7.73. The predicted octanol–water partition coefficient (Wildman–Crippen LogP) is 4.64. The number of amides is 1. The van der Waals surface area contributed by atoms with Crippen LogP contribution in [0, 0.1) is 12.8 Å². The maximum Gasteiger partial charge on any atom is 0.255 e. The van der Waals surface area contributed by atoms with Crippen molar-refractivity contribution in [3.05, 3.63) is 29.3 Å². The fourth-order valence-electron chi connectivity index (χ4n) is 4.21. The monoisotopic (exact) mass is 328 g/mol. The molecule has 1 aliphatic heterocycles. The average Bonchev–Trinajstić information content (AvgIpc) is 3.14. The molecular weight excluding hydrogens is 296 g/mol. The molecule has 2 aliphatic rings. The van der Waals surface area contributed by atoms with Crippen LogP contribution in [0.2, 0.25) is 0 Å². The highest BCUT2D eigenvalue weighted by atomic mass is 16.2. The molecule has 0 N–H and O–H groups in total. The van der Waals surface area contributed by atoms with E-state index in [-0.39, 0.29) is 5.91 Å². The number of benzene rings is 1. The molecule has 3 rings (SSSR count). The molecule has 1 amide bonds. The van der Waals surface area contributed by atoms with Crippen LogP contribution in [0.3, 0.4) is 0 Å². The summed E-state index contributed by atoms with van der Waals surface area (Å²) in [6, 6.07) is 6.35. The molecule has 0 radical (unpaired) electrons. The molecule has 1 heterocycles. The topological polar surface area (TPSA) is 23.6 Å². The van der Waals surface area contributed by atoms with Gasteiger partial charge in [0.15, 0.2) is 0 Å². The third-order valence-electron chi connectivity index (χ3n) is 5.77. The van der Waals surface area contributed by atoms with E-state index in [4.69, 9.17) is 0 Å². The van der Waals surface area contributed by atoms with Crippen LogP contribution in [0.1, 0.15) is 67.3 Å². The first-order valence-electron chi connectivity index (χ1n) is 9.76. The summed E-state index contributed by atoms with van der Waals surface area (Å²) in [4.78, 5) is 17.4. The van der Waals surface area contributed by atoms with E-state index in [1.165, 1.54) is 50.5 Å². The Hall–Kier alpha value is -1.51. The Labute approximate surface area is 147 Å². The minimum atomic E-state index is 0.191. The zero-order valence-electron chi connectivity index (χ0n) is 15.4. The first-order valence-corrected chi connectivity index (χ1v) is 9.76. The summed E-state index contributed by atoms with van der Waals surface area (Å²) >= 11 is 0. The second kappa shape index (κ2) is 8.04. The molecule has 3 nitrogen and oxygen atoms in total. The van der Waals surface area contributed by atoms with Crippen molar-refractivity contribution < 1.29 is 4.79 Å². The van der Waals surface area contributed by atoms with Gasteiger partial charge in [-0.3, -0.25) is 4.79 Å². The van der Waals surface area contributed by atoms with Crippen molar-refractivity contribution in [1.29, 1.82) is 0 Å². The van der Waals surface area contributed by atoms with Gasteiger partial charge in [-0.1, -0.05) is 43.7 Å². The van der Waals surface area contributed by atoms with Gasteiger partial charge in [-0.05, 0) is 44.2 Å². The third-order valence-corrected chi connectivity index (χ3v) is 5.77. The molecule has 1 aliphatic carbocycles. The number of hydrogen-bond acceptors (Lipinski definition) is 2. The molecule has 1 saturated carbocycles. The second-order valence-corrected chi connectivity index (χ2v) is 7.73. The summed E-state index contributed by atoms with van der Waals surface area (Å²) in [5.74, 6) is 1.01. The largest absolute Gasteiger partial charge is 0.371 e. The number of anilines is 1. The van der Waals surface area contributed by atoms with Gasteiger partial charge in [-0.25, -0.2) is 0 Å². The Bertz CT molecular complexity index is 557. The van der Waals surface area contributed by atoms with Crippen molar-refractivity contribution in [2.75, 3.05) is 31.6 Å². The normalized spacial score (nSPS) is 18.8. The molecular formula is C21H32N2O. The quantitative estimate of drug-likeness (QED) is 0.786. The average molecular weight is 329 g/mol. The summed E-state index contributed by atoms with van der Waals surface area (Å²) in [6.45, 7) is 5.12. The minimum absolute atomic E-state index is 0.191. The maximum absolute atomic E-state index is 13.0. The maximum atomic E-state index is 13.0. The number of carbonyl (C=O) groups is 1. The smallest absolute Gasteiger partial charge is 0.255 e. The summed E-state index contributed by atoms with van der Waals surface area (Å²) in [5, 5.41) is 0. The van der Waals surface area contributed by atoms with Gasteiger partial charge < -0.3 is 9.80 Å². The van der Waals surface area contributed by atoms with E-state index in [1.54, 1.807) is 0 Å². The van der Waals surface area contributed by atoms with Crippen LogP contribution in [-0.2, 0) is 0 Å². The van der Waals surface area contributed by atoms with E-state index in [9.17, 15) is 4.79 Å². The van der Waals surface area contributed by atoms with E-state index in [2.05, 4.69) is 30.0 Å². The highest BCUT2D eigenvalue weighted by molar-refractivity contribution is 6.00. The summed E-state index contributed by atoms with van der Waals surface area (Å²) in [6.07, 6.45) is 10.5. The molecule has 132 valence electrons. The third kappa shape index (κ3) is 4.12. The molecule has 1 aromatic carbocycles. The van der Waals surface area contributed by atoms with Gasteiger partial charge in [0, 0.05) is 32.4 Å². The number of nitrogens with zero attached hydrogens (tertiary/aromatic N) is 2. The van der Waals surface area contributed by atoms with Crippen molar-refractivity contribution in [2.24, 2.45) is 5.92 Å².